The monoisotopic (exact) mass is 256 g/mol. The summed E-state index contributed by atoms with van der Waals surface area (Å²) in [4.78, 5) is 4.49. The van der Waals surface area contributed by atoms with Gasteiger partial charge in [-0.15, -0.1) is 0 Å². The van der Waals surface area contributed by atoms with Gasteiger partial charge in [-0.05, 0) is 23.0 Å². The number of hydrogen-bond acceptors (Lipinski definition) is 2. The van der Waals surface area contributed by atoms with Crippen LogP contribution >= 0.6 is 0 Å². The van der Waals surface area contributed by atoms with Gasteiger partial charge in [-0.2, -0.15) is 0 Å². The molecule has 1 aromatic heterocycles. The molecule has 2 nitrogen and oxygen atoms in total. The van der Waals surface area contributed by atoms with Crippen LogP contribution < -0.4 is 5.32 Å². The van der Waals surface area contributed by atoms with Crippen molar-refractivity contribution in [2.24, 2.45) is 11.3 Å². The molecule has 1 aromatic carbocycles. The van der Waals surface area contributed by atoms with Gasteiger partial charge in [-0.1, -0.05) is 52.0 Å². The maximum atomic E-state index is 4.49. The molecule has 0 unspecified atom stereocenters. The predicted octanol–water partition coefficient (Wildman–Crippen LogP) is 4.01. The van der Waals surface area contributed by atoms with E-state index in [2.05, 4.69) is 62.3 Å². The minimum absolute atomic E-state index is 0.317. The Balaban J connectivity index is 2.07. The Bertz CT molecular complexity index is 538. The second-order valence-corrected chi connectivity index (χ2v) is 6.24. The first-order chi connectivity index (χ1) is 9.00. The Kier molecular flexibility index (Phi) is 4.20. The molecule has 0 amide bonds. The normalized spacial score (nSPS) is 12.3. The Morgan fingerprint density at radius 1 is 1.16 bits per heavy atom. The number of benzene rings is 1. The van der Waals surface area contributed by atoms with E-state index in [0.29, 0.717) is 11.3 Å². The van der Waals surface area contributed by atoms with Crippen molar-refractivity contribution in [1.82, 2.24) is 10.3 Å². The fourth-order valence-electron chi connectivity index (χ4n) is 2.03. The zero-order valence-corrected chi connectivity index (χ0v) is 12.4. The maximum absolute atomic E-state index is 4.49. The first-order valence-corrected chi connectivity index (χ1v) is 7.04. The summed E-state index contributed by atoms with van der Waals surface area (Å²) in [6.07, 6.45) is 1.86. The molecule has 0 fully saturated rings. The molecule has 0 radical (unpaired) electrons. The van der Waals surface area contributed by atoms with Crippen LogP contribution in [0, 0.1) is 11.3 Å². The Morgan fingerprint density at radius 2 is 1.89 bits per heavy atom. The molecular formula is C17H24N2. The first-order valence-electron chi connectivity index (χ1n) is 7.04. The second-order valence-electron chi connectivity index (χ2n) is 6.24. The van der Waals surface area contributed by atoms with Crippen LogP contribution in [0.4, 0.5) is 0 Å². The van der Waals surface area contributed by atoms with Crippen molar-refractivity contribution < 1.29 is 0 Å². The topological polar surface area (TPSA) is 24.9 Å². The summed E-state index contributed by atoms with van der Waals surface area (Å²) in [6.45, 7) is 11.1. The van der Waals surface area contributed by atoms with Gasteiger partial charge in [0, 0.05) is 24.7 Å². The fourth-order valence-corrected chi connectivity index (χ4v) is 2.03. The number of hydrogen-bond donors (Lipinski definition) is 1. The SMILES string of the molecule is CC(C)C(C)(C)CNCc1cccc2cccnc12. The van der Waals surface area contributed by atoms with Crippen molar-refractivity contribution in [3.05, 3.63) is 42.1 Å². The Morgan fingerprint density at radius 3 is 2.63 bits per heavy atom. The molecule has 2 aromatic rings. The molecule has 1 heterocycles. The third-order valence-corrected chi connectivity index (χ3v) is 4.18. The quantitative estimate of drug-likeness (QED) is 0.874. The summed E-state index contributed by atoms with van der Waals surface area (Å²) in [7, 11) is 0. The van der Waals surface area contributed by atoms with E-state index in [-0.39, 0.29) is 0 Å². The van der Waals surface area contributed by atoms with Crippen LogP contribution in [0.25, 0.3) is 10.9 Å². The smallest absolute Gasteiger partial charge is 0.0746 e. The lowest BCUT2D eigenvalue weighted by molar-refractivity contribution is 0.238. The fraction of sp³-hybridized carbons (Fsp3) is 0.471. The number of para-hydroxylation sites is 1. The second kappa shape index (κ2) is 5.70. The van der Waals surface area contributed by atoms with Crippen LogP contribution in [0.1, 0.15) is 33.3 Å². The average molecular weight is 256 g/mol. The van der Waals surface area contributed by atoms with Crippen LogP contribution in [0.5, 0.6) is 0 Å². The summed E-state index contributed by atoms with van der Waals surface area (Å²) >= 11 is 0. The van der Waals surface area contributed by atoms with Gasteiger partial charge in [0.05, 0.1) is 5.52 Å². The molecule has 0 aliphatic carbocycles. The minimum Gasteiger partial charge on any atom is -0.312 e. The van der Waals surface area contributed by atoms with Crippen molar-refractivity contribution in [3.63, 3.8) is 0 Å². The molecule has 0 bridgehead atoms. The van der Waals surface area contributed by atoms with E-state index in [1.54, 1.807) is 0 Å². The lowest BCUT2D eigenvalue weighted by Crippen LogP contribution is -2.33. The highest BCUT2D eigenvalue weighted by molar-refractivity contribution is 5.81. The van der Waals surface area contributed by atoms with Crippen molar-refractivity contribution in [2.75, 3.05) is 6.54 Å². The van der Waals surface area contributed by atoms with Crippen LogP contribution in [0.15, 0.2) is 36.5 Å². The average Bonchev–Trinajstić information content (AvgIpc) is 2.38. The van der Waals surface area contributed by atoms with Gasteiger partial charge in [0.1, 0.15) is 0 Å². The van der Waals surface area contributed by atoms with E-state index < -0.39 is 0 Å². The summed E-state index contributed by atoms with van der Waals surface area (Å²) in [5, 5.41) is 4.79. The van der Waals surface area contributed by atoms with Crippen molar-refractivity contribution in [3.8, 4) is 0 Å². The summed E-state index contributed by atoms with van der Waals surface area (Å²) in [5.41, 5.74) is 2.70. The van der Waals surface area contributed by atoms with Gasteiger partial charge < -0.3 is 5.32 Å². The highest BCUT2D eigenvalue weighted by Crippen LogP contribution is 2.25. The molecule has 19 heavy (non-hydrogen) atoms. The molecule has 0 aliphatic rings. The molecule has 2 heteroatoms. The lowest BCUT2D eigenvalue weighted by atomic mass is 9.81. The van der Waals surface area contributed by atoms with E-state index in [9.17, 15) is 0 Å². The van der Waals surface area contributed by atoms with Crippen molar-refractivity contribution in [2.45, 2.75) is 34.2 Å². The van der Waals surface area contributed by atoms with Gasteiger partial charge in [-0.3, -0.25) is 4.98 Å². The van der Waals surface area contributed by atoms with Crippen molar-refractivity contribution >= 4 is 10.9 Å². The van der Waals surface area contributed by atoms with Crippen LogP contribution in [0.3, 0.4) is 0 Å². The molecule has 102 valence electrons. The molecular weight excluding hydrogens is 232 g/mol. The molecule has 0 saturated carbocycles. The van der Waals surface area contributed by atoms with E-state index >= 15 is 0 Å². The Hall–Kier alpha value is -1.41. The molecule has 2 rings (SSSR count). The van der Waals surface area contributed by atoms with Gasteiger partial charge in [0.2, 0.25) is 0 Å². The minimum atomic E-state index is 0.317. The highest BCUT2D eigenvalue weighted by atomic mass is 14.9. The van der Waals surface area contributed by atoms with E-state index in [1.165, 1.54) is 10.9 Å². The summed E-state index contributed by atoms with van der Waals surface area (Å²) < 4.78 is 0. The van der Waals surface area contributed by atoms with Gasteiger partial charge in [0.15, 0.2) is 0 Å². The standard InChI is InChI=1S/C17H24N2/c1-13(2)17(3,4)12-18-11-15-8-5-7-14-9-6-10-19-16(14)15/h5-10,13,18H,11-12H2,1-4H3. The molecule has 0 atom stereocenters. The van der Waals surface area contributed by atoms with E-state index in [0.717, 1.165) is 18.6 Å². The highest BCUT2D eigenvalue weighted by Gasteiger charge is 2.21. The number of pyridine rings is 1. The van der Waals surface area contributed by atoms with Crippen LogP contribution in [0.2, 0.25) is 0 Å². The van der Waals surface area contributed by atoms with E-state index in [4.69, 9.17) is 0 Å². The third-order valence-electron chi connectivity index (χ3n) is 4.18. The predicted molar refractivity (Wildman–Crippen MR) is 82.1 cm³/mol. The number of nitrogens with one attached hydrogen (secondary N) is 1. The molecule has 0 aliphatic heterocycles. The number of nitrogens with zero attached hydrogens (tertiary/aromatic N) is 1. The molecule has 0 saturated heterocycles. The molecule has 1 N–H and O–H groups in total. The number of fused-ring (bicyclic) bond motifs is 1. The number of rotatable bonds is 5. The van der Waals surface area contributed by atoms with Gasteiger partial charge in [-0.25, -0.2) is 0 Å². The van der Waals surface area contributed by atoms with Crippen molar-refractivity contribution in [1.29, 1.82) is 0 Å². The van der Waals surface area contributed by atoms with E-state index in [1.807, 2.05) is 12.3 Å². The Labute approximate surface area is 116 Å². The summed E-state index contributed by atoms with van der Waals surface area (Å²) in [5.74, 6) is 0.672. The lowest BCUT2D eigenvalue weighted by Gasteiger charge is -2.29. The van der Waals surface area contributed by atoms with Gasteiger partial charge in [0.25, 0.3) is 0 Å². The zero-order chi connectivity index (χ0) is 13.9. The third kappa shape index (κ3) is 3.32. The first kappa shape index (κ1) is 14.0. The largest absolute Gasteiger partial charge is 0.312 e. The maximum Gasteiger partial charge on any atom is 0.0746 e. The van der Waals surface area contributed by atoms with Crippen LogP contribution in [-0.4, -0.2) is 11.5 Å². The number of aromatic nitrogens is 1. The van der Waals surface area contributed by atoms with Crippen LogP contribution in [-0.2, 0) is 6.54 Å². The van der Waals surface area contributed by atoms with Gasteiger partial charge >= 0.3 is 0 Å². The molecule has 0 spiro atoms. The zero-order valence-electron chi connectivity index (χ0n) is 12.4. The summed E-state index contributed by atoms with van der Waals surface area (Å²) in [6, 6.07) is 10.5.